The number of nitrogens with one attached hydrogen (secondary N) is 1. The Kier molecular flexibility index (Phi) is 3.64. The lowest BCUT2D eigenvalue weighted by Gasteiger charge is -2.32. The smallest absolute Gasteiger partial charge is 0.399 e. The fourth-order valence-corrected chi connectivity index (χ4v) is 2.81. The second-order valence-corrected chi connectivity index (χ2v) is 7.15. The highest BCUT2D eigenvalue weighted by Gasteiger charge is 2.53. The zero-order chi connectivity index (χ0) is 17.0. The summed E-state index contributed by atoms with van der Waals surface area (Å²) in [6.45, 7) is 10.4. The summed E-state index contributed by atoms with van der Waals surface area (Å²) in [5, 5.41) is 0. The van der Waals surface area contributed by atoms with Crippen molar-refractivity contribution in [3.8, 4) is 0 Å². The van der Waals surface area contributed by atoms with Crippen molar-refractivity contribution in [3.05, 3.63) is 23.3 Å². The van der Waals surface area contributed by atoms with Gasteiger partial charge in [-0.05, 0) is 46.2 Å². The summed E-state index contributed by atoms with van der Waals surface area (Å²) >= 11 is 0. The molecule has 1 amide bonds. The molecule has 1 saturated heterocycles. The van der Waals surface area contributed by atoms with Crippen molar-refractivity contribution in [2.75, 3.05) is 6.54 Å². The van der Waals surface area contributed by atoms with Gasteiger partial charge in [-0.25, -0.2) is 0 Å². The van der Waals surface area contributed by atoms with Crippen LogP contribution < -0.4 is 5.54 Å². The number of aliphatic imine (C=N–C) groups is 1. The molecule has 0 aromatic rings. The summed E-state index contributed by atoms with van der Waals surface area (Å²) < 4.78 is 24.7. The minimum atomic E-state index is -0.815. The van der Waals surface area contributed by atoms with Crippen LogP contribution in [0.1, 0.15) is 34.6 Å². The van der Waals surface area contributed by atoms with E-state index in [0.717, 1.165) is 0 Å². The lowest BCUT2D eigenvalue weighted by atomic mass is 9.76. The van der Waals surface area contributed by atoms with Gasteiger partial charge in [0.15, 0.2) is 0 Å². The number of hydrogen-bond donors (Lipinski definition) is 1. The first-order valence-corrected chi connectivity index (χ1v) is 7.69. The van der Waals surface area contributed by atoms with Gasteiger partial charge in [-0.2, -0.15) is 5.54 Å². The topological polar surface area (TPSA) is 63.2 Å². The molecule has 0 saturated carbocycles. The number of hydrogen-bond acceptors (Lipinski definition) is 5. The van der Waals surface area contributed by atoms with E-state index in [0.29, 0.717) is 17.9 Å². The predicted octanol–water partition coefficient (Wildman–Crippen LogP) is 1.54. The van der Waals surface area contributed by atoms with Gasteiger partial charge >= 0.3 is 7.12 Å². The van der Waals surface area contributed by atoms with E-state index in [1.807, 2.05) is 45.7 Å². The van der Waals surface area contributed by atoms with Crippen LogP contribution in [0.5, 0.6) is 0 Å². The Morgan fingerprint density at radius 2 is 2.00 bits per heavy atom. The number of nitrogens with zero attached hydrogens (tertiary/aromatic N) is 2. The van der Waals surface area contributed by atoms with Crippen LogP contribution in [-0.4, -0.2) is 47.5 Å². The molecule has 3 rings (SSSR count). The fourth-order valence-electron chi connectivity index (χ4n) is 2.81. The molecule has 0 unspecified atom stereocenters. The van der Waals surface area contributed by atoms with Gasteiger partial charge in [-0.1, -0.05) is 4.48 Å². The first-order chi connectivity index (χ1) is 10.6. The summed E-state index contributed by atoms with van der Waals surface area (Å²) in [7, 11) is -0.611. The van der Waals surface area contributed by atoms with E-state index in [-0.39, 0.29) is 11.6 Å². The molecule has 3 aliphatic heterocycles. The lowest BCUT2D eigenvalue weighted by Crippen LogP contribution is -2.41. The average Bonchev–Trinajstić information content (AvgIpc) is 2.93. The summed E-state index contributed by atoms with van der Waals surface area (Å²) in [6, 6.07) is 0.0368. The molecule has 0 aromatic heterocycles. The maximum Gasteiger partial charge on any atom is 0.496 e. The molecule has 3 heterocycles. The molecule has 0 aliphatic carbocycles. The molecule has 23 heavy (non-hydrogen) atoms. The summed E-state index contributed by atoms with van der Waals surface area (Å²) in [5.41, 5.74) is 1.07. The average molecular weight is 321 g/mol. The first-order valence-electron chi connectivity index (χ1n) is 7.69. The first kappa shape index (κ1) is 16.2. The van der Waals surface area contributed by atoms with Gasteiger partial charge < -0.3 is 14.2 Å². The highest BCUT2D eigenvalue weighted by atomic mass is 19.2. The SMILES string of the molecule is C[C@@H]1CN2C=C(B3OC(C)(C)C(C)(C)O3)C=C(C(=O)NF)C2=N1. The zero-order valence-electron chi connectivity index (χ0n) is 14.0. The zero-order valence-corrected chi connectivity index (χ0v) is 14.0. The van der Waals surface area contributed by atoms with E-state index in [2.05, 4.69) is 4.99 Å². The van der Waals surface area contributed by atoms with Crippen LogP contribution in [0.2, 0.25) is 0 Å². The van der Waals surface area contributed by atoms with Gasteiger partial charge in [0.25, 0.3) is 5.91 Å². The van der Waals surface area contributed by atoms with Crippen molar-refractivity contribution in [1.82, 2.24) is 10.4 Å². The van der Waals surface area contributed by atoms with Crippen molar-refractivity contribution < 1.29 is 18.6 Å². The van der Waals surface area contributed by atoms with E-state index >= 15 is 0 Å². The van der Waals surface area contributed by atoms with Gasteiger partial charge in [0.2, 0.25) is 0 Å². The normalized spacial score (nSPS) is 28.1. The van der Waals surface area contributed by atoms with Crippen LogP contribution in [0.3, 0.4) is 0 Å². The lowest BCUT2D eigenvalue weighted by molar-refractivity contribution is -0.121. The summed E-state index contributed by atoms with van der Waals surface area (Å²) in [5.74, 6) is -0.335. The molecule has 0 radical (unpaired) electrons. The highest BCUT2D eigenvalue weighted by molar-refractivity contribution is 6.56. The van der Waals surface area contributed by atoms with Crippen molar-refractivity contribution >= 4 is 18.9 Å². The monoisotopic (exact) mass is 321 g/mol. The molecule has 1 N–H and O–H groups in total. The minimum Gasteiger partial charge on any atom is -0.399 e. The number of carbonyl (C=O) groups is 1. The van der Waals surface area contributed by atoms with Gasteiger partial charge in [0, 0.05) is 12.7 Å². The Hall–Kier alpha value is -1.67. The Balaban J connectivity index is 1.95. The number of halogens is 1. The Bertz CT molecular complexity index is 626. The number of rotatable bonds is 2. The molecule has 6 nitrogen and oxygen atoms in total. The third-order valence-electron chi connectivity index (χ3n) is 4.79. The second kappa shape index (κ2) is 5.17. The molecule has 0 spiro atoms. The van der Waals surface area contributed by atoms with E-state index in [1.54, 1.807) is 6.08 Å². The number of fused-ring (bicyclic) bond motifs is 1. The van der Waals surface area contributed by atoms with Gasteiger partial charge in [0.05, 0.1) is 22.8 Å². The van der Waals surface area contributed by atoms with E-state index in [4.69, 9.17) is 9.31 Å². The van der Waals surface area contributed by atoms with Crippen LogP contribution in [0.25, 0.3) is 0 Å². The summed E-state index contributed by atoms with van der Waals surface area (Å²) in [6.07, 6.45) is 3.45. The van der Waals surface area contributed by atoms with E-state index < -0.39 is 24.2 Å². The van der Waals surface area contributed by atoms with Gasteiger partial charge in [0.1, 0.15) is 5.84 Å². The fraction of sp³-hybridized carbons (Fsp3) is 0.600. The quantitative estimate of drug-likeness (QED) is 0.619. The minimum absolute atomic E-state index is 0.0368. The molecular weight excluding hydrogens is 300 g/mol. The van der Waals surface area contributed by atoms with Crippen LogP contribution in [-0.2, 0) is 14.1 Å². The Labute approximate surface area is 135 Å². The standard InChI is InChI=1S/C15H21BFN3O3/c1-9-7-20-8-10(6-11(12(20)18-9)13(21)19-17)16-22-14(2,3)15(4,5)23-16/h6,8-9H,7H2,1-5H3,(H,19,21)/t9-/m1/s1. The molecule has 3 aliphatic rings. The van der Waals surface area contributed by atoms with Crippen molar-refractivity contribution in [2.45, 2.75) is 51.9 Å². The largest absolute Gasteiger partial charge is 0.496 e. The van der Waals surface area contributed by atoms with Crippen LogP contribution in [0.15, 0.2) is 28.3 Å². The van der Waals surface area contributed by atoms with Gasteiger partial charge in [-0.3, -0.25) is 9.79 Å². The number of allylic oxidation sites excluding steroid dienone is 2. The molecule has 1 atom stereocenters. The number of amidine groups is 1. The maximum atomic E-state index is 12.7. The second-order valence-electron chi connectivity index (χ2n) is 7.15. The third kappa shape index (κ3) is 2.59. The molecule has 1 fully saturated rings. The van der Waals surface area contributed by atoms with Crippen LogP contribution >= 0.6 is 0 Å². The van der Waals surface area contributed by atoms with E-state index in [1.165, 1.54) is 5.54 Å². The third-order valence-corrected chi connectivity index (χ3v) is 4.79. The number of amides is 1. The Morgan fingerprint density at radius 1 is 1.39 bits per heavy atom. The van der Waals surface area contributed by atoms with Crippen molar-refractivity contribution in [1.29, 1.82) is 0 Å². The van der Waals surface area contributed by atoms with Crippen molar-refractivity contribution in [2.24, 2.45) is 4.99 Å². The molecule has 0 bridgehead atoms. The van der Waals surface area contributed by atoms with Crippen LogP contribution in [0, 0.1) is 0 Å². The number of carbonyl (C=O) groups excluding carboxylic acids is 1. The Morgan fingerprint density at radius 3 is 2.57 bits per heavy atom. The van der Waals surface area contributed by atoms with E-state index in [9.17, 15) is 9.28 Å². The molecule has 8 heteroatoms. The highest BCUT2D eigenvalue weighted by Crippen LogP contribution is 2.39. The predicted molar refractivity (Wildman–Crippen MR) is 85.1 cm³/mol. The summed E-state index contributed by atoms with van der Waals surface area (Å²) in [4.78, 5) is 18.1. The van der Waals surface area contributed by atoms with Gasteiger partial charge in [-0.15, -0.1) is 0 Å². The van der Waals surface area contributed by atoms with Crippen LogP contribution in [0.4, 0.5) is 4.48 Å². The molecular formula is C15H21BFN3O3. The van der Waals surface area contributed by atoms with Crippen molar-refractivity contribution in [3.63, 3.8) is 0 Å². The molecule has 0 aromatic carbocycles. The maximum absolute atomic E-state index is 12.7. The molecule has 124 valence electrons.